The van der Waals surface area contributed by atoms with Gasteiger partial charge in [0, 0.05) is 5.69 Å². The van der Waals surface area contributed by atoms with E-state index in [0.29, 0.717) is 11.3 Å². The Morgan fingerprint density at radius 3 is 2.42 bits per heavy atom. The molecule has 2 N–H and O–H groups in total. The van der Waals surface area contributed by atoms with Gasteiger partial charge in [0.1, 0.15) is 18.1 Å². The number of anilines is 1. The van der Waals surface area contributed by atoms with E-state index in [-0.39, 0.29) is 5.70 Å². The van der Waals surface area contributed by atoms with Gasteiger partial charge in [-0.3, -0.25) is 9.59 Å². The summed E-state index contributed by atoms with van der Waals surface area (Å²) in [5.74, 6) is -1.50. The average Bonchev–Trinajstić information content (AvgIpc) is 2.86. The van der Waals surface area contributed by atoms with E-state index < -0.39 is 30.2 Å². The van der Waals surface area contributed by atoms with Crippen molar-refractivity contribution in [1.82, 2.24) is 10.2 Å². The van der Waals surface area contributed by atoms with Gasteiger partial charge in [-0.05, 0) is 42.8 Å². The molecule has 0 bridgehead atoms. The molecule has 1 heterocycles. The first-order valence-corrected chi connectivity index (χ1v) is 7.89. The van der Waals surface area contributed by atoms with Gasteiger partial charge in [0.15, 0.2) is 0 Å². The van der Waals surface area contributed by atoms with Crippen LogP contribution in [0, 0.1) is 12.7 Å². The maximum Gasteiger partial charge on any atom is 0.329 e. The predicted molar refractivity (Wildman–Crippen MR) is 94.4 cm³/mol. The normalized spacial score (nSPS) is 15.3. The first-order chi connectivity index (χ1) is 12.4. The summed E-state index contributed by atoms with van der Waals surface area (Å²) in [7, 11) is 0. The highest BCUT2D eigenvalue weighted by Gasteiger charge is 2.34. The second-order valence-electron chi connectivity index (χ2n) is 5.85. The lowest BCUT2D eigenvalue weighted by Crippen LogP contribution is -2.38. The van der Waals surface area contributed by atoms with E-state index >= 15 is 0 Å². The minimum atomic E-state index is -0.678. The summed E-state index contributed by atoms with van der Waals surface area (Å²) in [5, 5.41) is 5.05. The van der Waals surface area contributed by atoms with Crippen molar-refractivity contribution in [2.45, 2.75) is 6.92 Å². The second-order valence-corrected chi connectivity index (χ2v) is 5.85. The number of amides is 4. The molecule has 7 heteroatoms. The van der Waals surface area contributed by atoms with Gasteiger partial charge in [-0.1, -0.05) is 29.8 Å². The molecular formula is C19H16FN3O3. The lowest BCUT2D eigenvalue weighted by molar-refractivity contribution is -0.127. The zero-order valence-electron chi connectivity index (χ0n) is 14.0. The number of aryl methyl sites for hydroxylation is 1. The number of benzene rings is 2. The van der Waals surface area contributed by atoms with Crippen LogP contribution in [0.15, 0.2) is 54.2 Å². The molecule has 26 heavy (non-hydrogen) atoms. The molecule has 2 aromatic carbocycles. The van der Waals surface area contributed by atoms with E-state index in [2.05, 4.69) is 10.6 Å². The molecule has 1 fully saturated rings. The molecule has 0 unspecified atom stereocenters. The lowest BCUT2D eigenvalue weighted by Gasteiger charge is -2.12. The molecule has 6 nitrogen and oxygen atoms in total. The summed E-state index contributed by atoms with van der Waals surface area (Å²) < 4.78 is 12.9. The number of imide groups is 1. The molecule has 4 amide bonds. The summed E-state index contributed by atoms with van der Waals surface area (Å²) >= 11 is 0. The zero-order valence-corrected chi connectivity index (χ0v) is 14.0. The molecule has 1 aliphatic rings. The smallest absolute Gasteiger partial charge is 0.325 e. The van der Waals surface area contributed by atoms with Crippen molar-refractivity contribution in [3.63, 3.8) is 0 Å². The molecule has 0 spiro atoms. The Hall–Kier alpha value is -3.48. The van der Waals surface area contributed by atoms with Crippen LogP contribution < -0.4 is 10.6 Å². The van der Waals surface area contributed by atoms with Crippen molar-refractivity contribution in [2.75, 3.05) is 11.9 Å². The fourth-order valence-corrected chi connectivity index (χ4v) is 2.42. The quantitative estimate of drug-likeness (QED) is 0.655. The van der Waals surface area contributed by atoms with Crippen molar-refractivity contribution < 1.29 is 18.8 Å². The maximum atomic E-state index is 12.9. The summed E-state index contributed by atoms with van der Waals surface area (Å²) in [6.45, 7) is 1.52. The summed E-state index contributed by atoms with van der Waals surface area (Å²) in [4.78, 5) is 37.2. The van der Waals surface area contributed by atoms with Crippen LogP contribution in [0.1, 0.15) is 11.1 Å². The zero-order chi connectivity index (χ0) is 18.7. The third kappa shape index (κ3) is 3.94. The fourth-order valence-electron chi connectivity index (χ4n) is 2.42. The molecule has 1 aliphatic heterocycles. The molecule has 0 saturated carbocycles. The van der Waals surface area contributed by atoms with Crippen molar-refractivity contribution in [1.29, 1.82) is 0 Å². The van der Waals surface area contributed by atoms with Crippen LogP contribution in [0.5, 0.6) is 0 Å². The van der Waals surface area contributed by atoms with Gasteiger partial charge in [0.25, 0.3) is 5.91 Å². The van der Waals surface area contributed by atoms with E-state index in [4.69, 9.17) is 0 Å². The van der Waals surface area contributed by atoms with Crippen LogP contribution in [0.4, 0.5) is 14.9 Å². The predicted octanol–water partition coefficient (Wildman–Crippen LogP) is 2.67. The minimum Gasteiger partial charge on any atom is -0.325 e. The van der Waals surface area contributed by atoms with Gasteiger partial charge in [-0.15, -0.1) is 0 Å². The number of nitrogens with one attached hydrogen (secondary N) is 2. The van der Waals surface area contributed by atoms with Crippen molar-refractivity contribution in [3.8, 4) is 0 Å². The highest BCUT2D eigenvalue weighted by molar-refractivity contribution is 6.15. The topological polar surface area (TPSA) is 78.5 Å². The summed E-state index contributed by atoms with van der Waals surface area (Å²) in [6, 6.07) is 11.9. The van der Waals surface area contributed by atoms with Gasteiger partial charge < -0.3 is 10.6 Å². The number of hydrogen-bond acceptors (Lipinski definition) is 3. The maximum absolute atomic E-state index is 12.9. The standard InChI is InChI=1S/C19H16FN3O3/c1-12-2-8-15(9-3-12)21-17(24)11-23-18(25)16(22-19(23)26)10-13-4-6-14(20)7-5-13/h2-10H,11H2,1H3,(H,21,24)(H,22,26)/b16-10+. The number of rotatable bonds is 4. The largest absolute Gasteiger partial charge is 0.329 e. The van der Waals surface area contributed by atoms with Crippen LogP contribution in [-0.4, -0.2) is 29.3 Å². The monoisotopic (exact) mass is 353 g/mol. The molecule has 0 radical (unpaired) electrons. The minimum absolute atomic E-state index is 0.0322. The molecule has 0 aliphatic carbocycles. The molecule has 0 atom stereocenters. The Kier molecular flexibility index (Phi) is 4.79. The molecule has 3 rings (SSSR count). The third-order valence-corrected chi connectivity index (χ3v) is 3.78. The van der Waals surface area contributed by atoms with Gasteiger partial charge in [-0.25, -0.2) is 14.1 Å². The van der Waals surface area contributed by atoms with Gasteiger partial charge in [0.2, 0.25) is 5.91 Å². The molecule has 0 aromatic heterocycles. The van der Waals surface area contributed by atoms with Crippen molar-refractivity contribution in [3.05, 3.63) is 71.2 Å². The lowest BCUT2D eigenvalue weighted by atomic mass is 10.2. The Morgan fingerprint density at radius 2 is 1.77 bits per heavy atom. The Bertz CT molecular complexity index is 889. The van der Waals surface area contributed by atoms with Crippen LogP contribution in [-0.2, 0) is 9.59 Å². The van der Waals surface area contributed by atoms with Gasteiger partial charge >= 0.3 is 6.03 Å². The third-order valence-electron chi connectivity index (χ3n) is 3.78. The Balaban J connectivity index is 1.67. The van der Waals surface area contributed by atoms with E-state index in [0.717, 1.165) is 10.5 Å². The van der Waals surface area contributed by atoms with Crippen molar-refractivity contribution >= 4 is 29.6 Å². The number of nitrogens with zero attached hydrogens (tertiary/aromatic N) is 1. The number of urea groups is 1. The number of carbonyl (C=O) groups excluding carboxylic acids is 3. The van der Waals surface area contributed by atoms with E-state index in [9.17, 15) is 18.8 Å². The van der Waals surface area contributed by atoms with Gasteiger partial charge in [-0.2, -0.15) is 0 Å². The highest BCUT2D eigenvalue weighted by Crippen LogP contribution is 2.15. The fraction of sp³-hybridized carbons (Fsp3) is 0.105. The Labute approximate surface area is 149 Å². The number of carbonyl (C=O) groups is 3. The van der Waals surface area contributed by atoms with E-state index in [1.165, 1.54) is 30.3 Å². The van der Waals surface area contributed by atoms with E-state index in [1.807, 2.05) is 19.1 Å². The molecule has 2 aromatic rings. The number of halogens is 1. The summed E-state index contributed by atoms with van der Waals surface area (Å²) in [6.07, 6.45) is 1.43. The first-order valence-electron chi connectivity index (χ1n) is 7.89. The molecular weight excluding hydrogens is 337 g/mol. The van der Waals surface area contributed by atoms with Crippen LogP contribution in [0.3, 0.4) is 0 Å². The van der Waals surface area contributed by atoms with Crippen LogP contribution in [0.2, 0.25) is 0 Å². The Morgan fingerprint density at radius 1 is 1.12 bits per heavy atom. The number of hydrogen-bond donors (Lipinski definition) is 2. The van der Waals surface area contributed by atoms with Crippen molar-refractivity contribution in [2.24, 2.45) is 0 Å². The molecule has 1 saturated heterocycles. The second kappa shape index (κ2) is 7.18. The first kappa shape index (κ1) is 17.3. The van der Waals surface area contributed by atoms with E-state index in [1.54, 1.807) is 12.1 Å². The van der Waals surface area contributed by atoms with Gasteiger partial charge in [0.05, 0.1) is 0 Å². The SMILES string of the molecule is Cc1ccc(NC(=O)CN2C(=O)N/C(=C/c3ccc(F)cc3)C2=O)cc1. The highest BCUT2D eigenvalue weighted by atomic mass is 19.1. The molecule has 132 valence electrons. The summed E-state index contributed by atoms with van der Waals surface area (Å²) in [5.41, 5.74) is 2.22. The van der Waals surface area contributed by atoms with Crippen LogP contribution >= 0.6 is 0 Å². The average molecular weight is 353 g/mol. The van der Waals surface area contributed by atoms with Crippen LogP contribution in [0.25, 0.3) is 6.08 Å².